The summed E-state index contributed by atoms with van der Waals surface area (Å²) in [5.74, 6) is 2.02. The van der Waals surface area contributed by atoms with Crippen LogP contribution in [0.4, 0.5) is 0 Å². The maximum absolute atomic E-state index is 13.4. The molecule has 1 aliphatic rings. The van der Waals surface area contributed by atoms with Crippen molar-refractivity contribution in [2.75, 3.05) is 7.11 Å². The Morgan fingerprint density at radius 2 is 1.87 bits per heavy atom. The van der Waals surface area contributed by atoms with Gasteiger partial charge in [0.2, 0.25) is 4.96 Å². The van der Waals surface area contributed by atoms with Crippen LogP contribution in [0.5, 0.6) is 11.5 Å². The Balaban J connectivity index is 1.36. The van der Waals surface area contributed by atoms with Crippen molar-refractivity contribution in [2.45, 2.75) is 19.4 Å². The van der Waals surface area contributed by atoms with Gasteiger partial charge in [-0.15, -0.1) is 5.10 Å². The fourth-order valence-electron chi connectivity index (χ4n) is 4.92. The van der Waals surface area contributed by atoms with Crippen LogP contribution in [0.1, 0.15) is 18.1 Å². The Hall–Kier alpha value is -4.76. The maximum Gasteiger partial charge on any atom is 0.291 e. The molecule has 0 amide bonds. The SMILES string of the molecule is COc1ccccc1-c1nc2s/c(=C\c3cn(-c4ccccc4)nc3-c3ccc4c(c3)C[C@H](C)O4)c(=O)n2n1. The summed E-state index contributed by atoms with van der Waals surface area (Å²) < 4.78 is 15.1. The highest BCUT2D eigenvalue weighted by atomic mass is 32.1. The number of nitrogens with zero attached hydrogens (tertiary/aromatic N) is 5. The first kappa shape index (κ1) is 23.4. The van der Waals surface area contributed by atoms with Crippen molar-refractivity contribution in [2.24, 2.45) is 0 Å². The Labute approximate surface area is 227 Å². The molecule has 6 aromatic rings. The molecule has 192 valence electrons. The van der Waals surface area contributed by atoms with E-state index < -0.39 is 0 Å². The summed E-state index contributed by atoms with van der Waals surface area (Å²) in [5.41, 5.74) is 5.19. The third-order valence-corrected chi connectivity index (χ3v) is 7.71. The lowest BCUT2D eigenvalue weighted by Gasteiger charge is -2.04. The number of hydrogen-bond donors (Lipinski definition) is 0. The molecule has 1 atom stereocenters. The lowest BCUT2D eigenvalue weighted by Crippen LogP contribution is -2.23. The first-order chi connectivity index (χ1) is 19.1. The number of rotatable bonds is 5. The second-order valence-electron chi connectivity index (χ2n) is 9.41. The van der Waals surface area contributed by atoms with Gasteiger partial charge in [0.1, 0.15) is 23.3 Å². The second-order valence-corrected chi connectivity index (χ2v) is 10.4. The van der Waals surface area contributed by atoms with Crippen molar-refractivity contribution < 1.29 is 9.47 Å². The predicted octanol–water partition coefficient (Wildman–Crippen LogP) is 4.55. The fourth-order valence-corrected chi connectivity index (χ4v) is 5.82. The number of methoxy groups -OCH3 is 1. The van der Waals surface area contributed by atoms with Crippen LogP contribution in [0.3, 0.4) is 0 Å². The normalized spacial score (nSPS) is 15.0. The van der Waals surface area contributed by atoms with Crippen molar-refractivity contribution in [1.29, 1.82) is 0 Å². The third kappa shape index (κ3) is 4.07. The standard InChI is InChI=1S/C30H23N5O3S/c1-18-14-20-15-19(12-13-24(20)38-18)27-21(17-34(32-27)22-8-4-3-5-9-22)16-26-29(36)35-30(39-26)31-28(33-35)23-10-6-7-11-25(23)37-2/h3-13,15-18H,14H2,1-2H3/b26-16-/t18-/m0/s1. The number of ether oxygens (including phenoxy) is 2. The fraction of sp³-hybridized carbons (Fsp3) is 0.133. The van der Waals surface area contributed by atoms with E-state index in [1.807, 2.05) is 83.7 Å². The molecule has 8 nitrogen and oxygen atoms in total. The Kier molecular flexibility index (Phi) is 5.52. The highest BCUT2D eigenvalue weighted by Crippen LogP contribution is 2.34. The zero-order valence-electron chi connectivity index (χ0n) is 21.2. The van der Waals surface area contributed by atoms with E-state index in [-0.39, 0.29) is 11.7 Å². The van der Waals surface area contributed by atoms with Crippen molar-refractivity contribution in [3.05, 3.63) is 105 Å². The van der Waals surface area contributed by atoms with Crippen molar-refractivity contribution in [3.8, 4) is 39.8 Å². The summed E-state index contributed by atoms with van der Waals surface area (Å²) in [6, 6.07) is 23.6. The van der Waals surface area contributed by atoms with Crippen LogP contribution in [0.25, 0.3) is 39.4 Å². The Morgan fingerprint density at radius 1 is 1.05 bits per heavy atom. The van der Waals surface area contributed by atoms with E-state index in [4.69, 9.17) is 14.6 Å². The summed E-state index contributed by atoms with van der Waals surface area (Å²) in [7, 11) is 1.60. The molecule has 9 heteroatoms. The number of benzene rings is 3. The van der Waals surface area contributed by atoms with Gasteiger partial charge >= 0.3 is 0 Å². The van der Waals surface area contributed by atoms with E-state index in [1.54, 1.807) is 7.11 Å². The van der Waals surface area contributed by atoms with E-state index >= 15 is 0 Å². The van der Waals surface area contributed by atoms with Gasteiger partial charge in [-0.1, -0.05) is 41.7 Å². The molecule has 0 saturated heterocycles. The first-order valence-corrected chi connectivity index (χ1v) is 13.4. The van der Waals surface area contributed by atoms with Gasteiger partial charge in [-0.2, -0.15) is 14.6 Å². The monoisotopic (exact) mass is 533 g/mol. The average molecular weight is 534 g/mol. The molecule has 0 spiro atoms. The first-order valence-electron chi connectivity index (χ1n) is 12.6. The summed E-state index contributed by atoms with van der Waals surface area (Å²) >= 11 is 1.30. The number of aromatic nitrogens is 5. The van der Waals surface area contributed by atoms with Crippen LogP contribution in [0.2, 0.25) is 0 Å². The van der Waals surface area contributed by atoms with Crippen molar-refractivity contribution in [3.63, 3.8) is 0 Å². The number of fused-ring (bicyclic) bond motifs is 2. The predicted molar refractivity (Wildman–Crippen MR) is 151 cm³/mol. The van der Waals surface area contributed by atoms with Gasteiger partial charge < -0.3 is 9.47 Å². The smallest absolute Gasteiger partial charge is 0.291 e. The quantitative estimate of drug-likeness (QED) is 0.323. The van der Waals surface area contributed by atoms with Gasteiger partial charge in [0.25, 0.3) is 5.56 Å². The molecular formula is C30H23N5O3S. The molecule has 0 fully saturated rings. The molecule has 1 aliphatic heterocycles. The van der Waals surface area contributed by atoms with Crippen LogP contribution in [-0.2, 0) is 6.42 Å². The van der Waals surface area contributed by atoms with E-state index in [2.05, 4.69) is 23.1 Å². The molecule has 3 aromatic heterocycles. The van der Waals surface area contributed by atoms with E-state index in [0.717, 1.165) is 45.8 Å². The Morgan fingerprint density at radius 3 is 2.69 bits per heavy atom. The summed E-state index contributed by atoms with van der Waals surface area (Å²) in [5, 5.41) is 9.43. The molecule has 0 bridgehead atoms. The summed E-state index contributed by atoms with van der Waals surface area (Å²) in [6.45, 7) is 2.07. The second kappa shape index (κ2) is 9.21. The maximum atomic E-state index is 13.4. The van der Waals surface area contributed by atoms with Crippen molar-refractivity contribution >= 4 is 22.4 Å². The molecule has 0 unspecified atom stereocenters. The van der Waals surface area contributed by atoms with Crippen LogP contribution in [0, 0.1) is 0 Å². The van der Waals surface area contributed by atoms with Crippen LogP contribution < -0.4 is 19.6 Å². The van der Waals surface area contributed by atoms with Crippen LogP contribution >= 0.6 is 11.3 Å². The molecule has 3 aromatic carbocycles. The van der Waals surface area contributed by atoms with Gasteiger partial charge in [-0.3, -0.25) is 4.79 Å². The van der Waals surface area contributed by atoms with Gasteiger partial charge in [0, 0.05) is 23.7 Å². The lowest BCUT2D eigenvalue weighted by molar-refractivity contribution is 0.254. The average Bonchev–Trinajstić information content (AvgIpc) is 3.72. The zero-order valence-corrected chi connectivity index (χ0v) is 22.1. The summed E-state index contributed by atoms with van der Waals surface area (Å²) in [6.07, 6.45) is 4.84. The van der Waals surface area contributed by atoms with Crippen LogP contribution in [0.15, 0.2) is 83.8 Å². The van der Waals surface area contributed by atoms with Gasteiger partial charge in [0.15, 0.2) is 5.82 Å². The number of hydrogen-bond acceptors (Lipinski definition) is 7. The molecule has 4 heterocycles. The van der Waals surface area contributed by atoms with E-state index in [0.29, 0.717) is 21.1 Å². The summed E-state index contributed by atoms with van der Waals surface area (Å²) in [4.78, 5) is 18.6. The minimum atomic E-state index is -0.224. The molecule has 7 rings (SSSR count). The molecule has 39 heavy (non-hydrogen) atoms. The molecular weight excluding hydrogens is 510 g/mol. The topological polar surface area (TPSA) is 83.5 Å². The minimum absolute atomic E-state index is 0.154. The largest absolute Gasteiger partial charge is 0.496 e. The van der Waals surface area contributed by atoms with Gasteiger partial charge in [-0.25, -0.2) is 4.68 Å². The molecule has 0 saturated carbocycles. The van der Waals surface area contributed by atoms with Gasteiger partial charge in [0.05, 0.1) is 22.9 Å². The molecule has 0 aliphatic carbocycles. The van der Waals surface area contributed by atoms with Crippen LogP contribution in [-0.4, -0.2) is 37.6 Å². The van der Waals surface area contributed by atoms with E-state index in [1.165, 1.54) is 15.9 Å². The highest BCUT2D eigenvalue weighted by Gasteiger charge is 2.21. The van der Waals surface area contributed by atoms with Crippen molar-refractivity contribution in [1.82, 2.24) is 24.4 Å². The van der Waals surface area contributed by atoms with Gasteiger partial charge in [-0.05, 0) is 61.0 Å². The highest BCUT2D eigenvalue weighted by molar-refractivity contribution is 7.15. The van der Waals surface area contributed by atoms with E-state index in [9.17, 15) is 4.79 Å². The Bertz CT molecular complexity index is 1960. The zero-order chi connectivity index (χ0) is 26.5. The number of para-hydroxylation sites is 2. The minimum Gasteiger partial charge on any atom is -0.496 e. The third-order valence-electron chi connectivity index (χ3n) is 6.75. The molecule has 0 N–H and O–H groups in total. The number of thiazole rings is 1. The molecule has 0 radical (unpaired) electrons. The lowest BCUT2D eigenvalue weighted by atomic mass is 10.0.